The van der Waals surface area contributed by atoms with Crippen LogP contribution in [0.25, 0.3) is 0 Å². The number of rotatable bonds is 4. The van der Waals surface area contributed by atoms with E-state index in [1.54, 1.807) is 7.11 Å². The molecular weight excluding hydrogens is 304 g/mol. The molecule has 0 bridgehead atoms. The van der Waals surface area contributed by atoms with Crippen molar-refractivity contribution < 1.29 is 14.3 Å². The monoisotopic (exact) mass is 330 g/mol. The van der Waals surface area contributed by atoms with Crippen molar-refractivity contribution in [3.05, 3.63) is 29.8 Å². The summed E-state index contributed by atoms with van der Waals surface area (Å²) in [7, 11) is 1.64. The third-order valence-electron chi connectivity index (χ3n) is 5.64. The molecule has 1 aliphatic carbocycles. The van der Waals surface area contributed by atoms with Crippen LogP contribution in [0, 0.1) is 5.92 Å². The van der Waals surface area contributed by atoms with Gasteiger partial charge in [0.1, 0.15) is 5.75 Å². The molecule has 130 valence electrons. The van der Waals surface area contributed by atoms with Crippen LogP contribution in [0.5, 0.6) is 5.75 Å². The number of carbonyl (C=O) groups excluding carboxylic acids is 2. The number of benzene rings is 1. The number of hydrogen-bond donors (Lipinski definition) is 1. The van der Waals surface area contributed by atoms with Crippen LogP contribution < -0.4 is 10.5 Å². The molecule has 3 rings (SSSR count). The van der Waals surface area contributed by atoms with Crippen LogP contribution in [0.2, 0.25) is 0 Å². The standard InChI is InChI=1S/C19H26N2O3/c1-24-16-7-5-15(6-8-16)19(10-3-2-4-11-19)18(23)21-12-9-14(13-21)17(20)22/h5-8,14H,2-4,9-13H2,1H3,(H2,20,22). The van der Waals surface area contributed by atoms with Crippen molar-refractivity contribution >= 4 is 11.8 Å². The zero-order valence-electron chi connectivity index (χ0n) is 14.3. The van der Waals surface area contributed by atoms with Crippen molar-refractivity contribution in [2.24, 2.45) is 11.7 Å². The first-order valence-electron chi connectivity index (χ1n) is 8.80. The highest BCUT2D eigenvalue weighted by Gasteiger charge is 2.45. The Hall–Kier alpha value is -2.04. The highest BCUT2D eigenvalue weighted by atomic mass is 16.5. The van der Waals surface area contributed by atoms with Crippen LogP contribution in [-0.2, 0) is 15.0 Å². The van der Waals surface area contributed by atoms with E-state index in [1.165, 1.54) is 6.42 Å². The first-order chi connectivity index (χ1) is 11.6. The molecule has 0 aromatic heterocycles. The third kappa shape index (κ3) is 2.99. The lowest BCUT2D eigenvalue weighted by Gasteiger charge is -2.39. The summed E-state index contributed by atoms with van der Waals surface area (Å²) in [5.74, 6) is 0.459. The number of ether oxygens (including phenoxy) is 1. The predicted molar refractivity (Wildman–Crippen MR) is 91.6 cm³/mol. The van der Waals surface area contributed by atoms with Crippen LogP contribution in [-0.4, -0.2) is 36.9 Å². The van der Waals surface area contributed by atoms with E-state index in [0.29, 0.717) is 19.5 Å². The van der Waals surface area contributed by atoms with E-state index in [1.807, 2.05) is 29.2 Å². The molecule has 1 aliphatic heterocycles. The second kappa shape index (κ2) is 6.83. The molecule has 1 saturated carbocycles. The molecule has 2 N–H and O–H groups in total. The number of nitrogens with zero attached hydrogens (tertiary/aromatic N) is 1. The van der Waals surface area contributed by atoms with Gasteiger partial charge >= 0.3 is 0 Å². The van der Waals surface area contributed by atoms with Crippen molar-refractivity contribution in [1.29, 1.82) is 0 Å². The summed E-state index contributed by atoms with van der Waals surface area (Å²) < 4.78 is 5.24. The van der Waals surface area contributed by atoms with Gasteiger partial charge in [-0.2, -0.15) is 0 Å². The molecule has 5 heteroatoms. The minimum atomic E-state index is -0.461. The van der Waals surface area contributed by atoms with Gasteiger partial charge in [0.15, 0.2) is 0 Å². The largest absolute Gasteiger partial charge is 0.497 e. The number of amides is 2. The summed E-state index contributed by atoms with van der Waals surface area (Å²) in [6.07, 6.45) is 5.72. The summed E-state index contributed by atoms with van der Waals surface area (Å²) in [4.78, 5) is 26.7. The van der Waals surface area contributed by atoms with Gasteiger partial charge in [0.2, 0.25) is 11.8 Å². The molecule has 5 nitrogen and oxygen atoms in total. The Bertz CT molecular complexity index is 606. The summed E-state index contributed by atoms with van der Waals surface area (Å²) >= 11 is 0. The Balaban J connectivity index is 1.88. The van der Waals surface area contributed by atoms with Crippen molar-refractivity contribution in [2.75, 3.05) is 20.2 Å². The van der Waals surface area contributed by atoms with Crippen molar-refractivity contribution in [1.82, 2.24) is 4.90 Å². The zero-order valence-corrected chi connectivity index (χ0v) is 14.3. The fourth-order valence-electron chi connectivity index (χ4n) is 4.17. The average Bonchev–Trinajstić information content (AvgIpc) is 3.12. The van der Waals surface area contributed by atoms with Crippen LogP contribution >= 0.6 is 0 Å². The minimum absolute atomic E-state index is 0.163. The maximum Gasteiger partial charge on any atom is 0.233 e. The second-order valence-electron chi connectivity index (χ2n) is 7.01. The van der Waals surface area contributed by atoms with Crippen LogP contribution in [0.4, 0.5) is 0 Å². The summed E-state index contributed by atoms with van der Waals surface area (Å²) in [5.41, 5.74) is 6.03. The van der Waals surface area contributed by atoms with Gasteiger partial charge in [0.25, 0.3) is 0 Å². The van der Waals surface area contributed by atoms with Crippen molar-refractivity contribution in [3.63, 3.8) is 0 Å². The van der Waals surface area contributed by atoms with E-state index < -0.39 is 5.41 Å². The van der Waals surface area contributed by atoms with Gasteiger partial charge in [-0.3, -0.25) is 9.59 Å². The fraction of sp³-hybridized carbons (Fsp3) is 0.579. The summed E-state index contributed by atoms with van der Waals surface area (Å²) in [6.45, 7) is 1.09. The Kier molecular flexibility index (Phi) is 4.78. The third-order valence-corrected chi connectivity index (χ3v) is 5.64. The second-order valence-corrected chi connectivity index (χ2v) is 7.01. The SMILES string of the molecule is COc1ccc(C2(C(=O)N3CCC(C(N)=O)C3)CCCCC2)cc1. The predicted octanol–water partition coefficient (Wildman–Crippen LogP) is 2.23. The van der Waals surface area contributed by atoms with Gasteiger partial charge in [0.05, 0.1) is 18.4 Å². The van der Waals surface area contributed by atoms with Crippen LogP contribution in [0.1, 0.15) is 44.1 Å². The minimum Gasteiger partial charge on any atom is -0.497 e. The topological polar surface area (TPSA) is 72.6 Å². The van der Waals surface area contributed by atoms with Gasteiger partial charge in [-0.15, -0.1) is 0 Å². The maximum atomic E-state index is 13.4. The Morgan fingerprint density at radius 2 is 1.83 bits per heavy atom. The molecule has 2 amide bonds. The normalized spacial score (nSPS) is 23.0. The van der Waals surface area contributed by atoms with Crippen LogP contribution in [0.15, 0.2) is 24.3 Å². The highest BCUT2D eigenvalue weighted by molar-refractivity contribution is 5.89. The van der Waals surface area contributed by atoms with Crippen LogP contribution in [0.3, 0.4) is 0 Å². The Labute approximate surface area is 143 Å². The molecule has 1 heterocycles. The number of likely N-dealkylation sites (tertiary alicyclic amines) is 1. The van der Waals surface area contributed by atoms with Crippen molar-refractivity contribution in [3.8, 4) is 5.75 Å². The molecule has 2 fully saturated rings. The fourth-order valence-corrected chi connectivity index (χ4v) is 4.17. The number of hydrogen-bond acceptors (Lipinski definition) is 3. The van der Waals surface area contributed by atoms with Gasteiger partial charge in [0, 0.05) is 13.1 Å². The number of methoxy groups -OCH3 is 1. The number of primary amides is 1. The Morgan fingerprint density at radius 1 is 1.17 bits per heavy atom. The zero-order chi connectivity index (χ0) is 17.2. The first kappa shape index (κ1) is 16.8. The molecule has 1 aromatic carbocycles. The number of nitrogens with two attached hydrogens (primary N) is 1. The van der Waals surface area contributed by atoms with Crippen molar-refractivity contribution in [2.45, 2.75) is 43.9 Å². The quantitative estimate of drug-likeness (QED) is 0.920. The lowest BCUT2D eigenvalue weighted by molar-refractivity contribution is -0.138. The smallest absolute Gasteiger partial charge is 0.233 e. The lowest BCUT2D eigenvalue weighted by atomic mass is 9.68. The van der Waals surface area contributed by atoms with E-state index >= 15 is 0 Å². The molecule has 1 unspecified atom stereocenters. The maximum absolute atomic E-state index is 13.4. The lowest BCUT2D eigenvalue weighted by Crippen LogP contribution is -2.47. The summed E-state index contributed by atoms with van der Waals surface area (Å²) in [6, 6.07) is 7.89. The first-order valence-corrected chi connectivity index (χ1v) is 8.80. The molecule has 0 radical (unpaired) electrons. The van der Waals surface area contributed by atoms with Gasteiger partial charge in [-0.25, -0.2) is 0 Å². The van der Waals surface area contributed by atoms with Gasteiger partial charge in [-0.05, 0) is 37.0 Å². The molecule has 24 heavy (non-hydrogen) atoms. The van der Waals surface area contributed by atoms with Gasteiger partial charge < -0.3 is 15.4 Å². The molecule has 0 spiro atoms. The number of carbonyl (C=O) groups is 2. The average molecular weight is 330 g/mol. The van der Waals surface area contributed by atoms with E-state index in [2.05, 4.69) is 0 Å². The Morgan fingerprint density at radius 3 is 2.38 bits per heavy atom. The molecule has 1 aromatic rings. The van der Waals surface area contributed by atoms with E-state index in [4.69, 9.17) is 10.5 Å². The molecule has 1 atom stereocenters. The summed E-state index contributed by atoms with van der Waals surface area (Å²) in [5, 5.41) is 0. The molecule has 1 saturated heterocycles. The molecular formula is C19H26N2O3. The molecule has 2 aliphatic rings. The highest BCUT2D eigenvalue weighted by Crippen LogP contribution is 2.42. The van der Waals surface area contributed by atoms with E-state index in [9.17, 15) is 9.59 Å². The van der Waals surface area contributed by atoms with E-state index in [-0.39, 0.29) is 17.7 Å². The van der Waals surface area contributed by atoms with Gasteiger partial charge in [-0.1, -0.05) is 31.4 Å². The van der Waals surface area contributed by atoms with E-state index in [0.717, 1.165) is 37.0 Å².